The number of fused-ring (bicyclic) bond motifs is 2. The number of para-hydroxylation sites is 3. The molecule has 2 aliphatic heterocycles. The Morgan fingerprint density at radius 2 is 1.41 bits per heavy atom. The van der Waals surface area contributed by atoms with Gasteiger partial charge in [0.05, 0.1) is 41.8 Å². The number of amides is 7. The Morgan fingerprint density at radius 3 is 2.06 bits per heavy atom. The van der Waals surface area contributed by atoms with Crippen LogP contribution in [0.4, 0.5) is 17.1 Å². The molecule has 21 nitrogen and oxygen atoms in total. The second-order valence-electron chi connectivity index (χ2n) is 16.0. The minimum Gasteiger partial charge on any atom is -0.370 e. The first-order valence-corrected chi connectivity index (χ1v) is 21.7. The van der Waals surface area contributed by atoms with Gasteiger partial charge in [0.15, 0.2) is 11.9 Å². The van der Waals surface area contributed by atoms with Gasteiger partial charge in [0.1, 0.15) is 12.1 Å². The molecular weight excluding hydrogens is 825 g/mol. The first-order chi connectivity index (χ1) is 30.6. The second kappa shape index (κ2) is 25.5. The Bertz CT molecular complexity index is 2010. The van der Waals surface area contributed by atoms with Crippen molar-refractivity contribution in [3.8, 4) is 0 Å². The van der Waals surface area contributed by atoms with Gasteiger partial charge in [-0.15, -0.1) is 0 Å². The van der Waals surface area contributed by atoms with Crippen LogP contribution in [0.1, 0.15) is 82.0 Å². The first kappa shape index (κ1) is 50.0. The van der Waals surface area contributed by atoms with Crippen molar-refractivity contribution in [2.24, 2.45) is 38.8 Å². The summed E-state index contributed by atoms with van der Waals surface area (Å²) in [5.41, 5.74) is 23.8. The normalized spacial score (nSPS) is 15.1. The predicted octanol–water partition coefficient (Wildman–Crippen LogP) is -0.367. The molecule has 348 valence electrons. The van der Waals surface area contributed by atoms with Crippen molar-refractivity contribution in [1.29, 1.82) is 0 Å². The van der Waals surface area contributed by atoms with E-state index in [-0.39, 0.29) is 43.2 Å². The number of piperidine rings is 1. The van der Waals surface area contributed by atoms with Crippen molar-refractivity contribution < 1.29 is 33.6 Å². The van der Waals surface area contributed by atoms with Gasteiger partial charge in [-0.3, -0.25) is 58.7 Å². The molecule has 14 N–H and O–H groups in total. The number of benzene rings is 2. The zero-order valence-corrected chi connectivity index (χ0v) is 36.7. The van der Waals surface area contributed by atoms with E-state index in [1.807, 2.05) is 24.3 Å². The maximum absolute atomic E-state index is 13.9. The number of likely N-dealkylation sites (tertiary alicyclic amines) is 1. The molecule has 0 saturated carbocycles. The number of hydrogen-bond donors (Lipinski definition) is 10. The number of aliphatic imine (C=N–C) groups is 2. The average molecular weight is 889 g/mol. The van der Waals surface area contributed by atoms with Gasteiger partial charge in [-0.2, -0.15) is 0 Å². The summed E-state index contributed by atoms with van der Waals surface area (Å²) < 4.78 is 0. The summed E-state index contributed by atoms with van der Waals surface area (Å²) in [5, 5.41) is 16.1. The fourth-order valence-corrected chi connectivity index (χ4v) is 7.56. The Morgan fingerprint density at radius 1 is 0.781 bits per heavy atom. The monoisotopic (exact) mass is 889 g/mol. The lowest BCUT2D eigenvalue weighted by Gasteiger charge is -2.33. The maximum Gasteiger partial charge on any atom is 0.257 e. The zero-order valence-electron chi connectivity index (χ0n) is 36.7. The fraction of sp³-hybridized carbons (Fsp3) is 0.512. The Kier molecular flexibility index (Phi) is 19.9. The number of anilines is 3. The van der Waals surface area contributed by atoms with E-state index >= 15 is 0 Å². The van der Waals surface area contributed by atoms with E-state index in [0.29, 0.717) is 60.9 Å². The lowest BCUT2D eigenvalue weighted by atomic mass is 9.91. The molecule has 2 aromatic carbocycles. The molecule has 2 aliphatic rings. The van der Waals surface area contributed by atoms with Crippen LogP contribution in [0, 0.1) is 5.92 Å². The Labute approximate surface area is 373 Å². The van der Waals surface area contributed by atoms with Gasteiger partial charge in [0, 0.05) is 20.0 Å². The number of imide groups is 1. The summed E-state index contributed by atoms with van der Waals surface area (Å²) in [5.74, 6) is -3.08. The molecule has 0 unspecified atom stereocenters. The lowest BCUT2D eigenvalue weighted by molar-refractivity contribution is -0.134. The lowest BCUT2D eigenvalue weighted by Crippen LogP contribution is -2.54. The van der Waals surface area contributed by atoms with E-state index in [1.54, 1.807) is 29.2 Å². The van der Waals surface area contributed by atoms with E-state index in [2.05, 4.69) is 46.8 Å². The molecule has 0 aromatic heterocycles. The van der Waals surface area contributed by atoms with Crippen LogP contribution in [0.2, 0.25) is 0 Å². The van der Waals surface area contributed by atoms with Crippen molar-refractivity contribution in [3.05, 3.63) is 54.1 Å². The van der Waals surface area contributed by atoms with E-state index in [0.717, 1.165) is 45.2 Å². The minimum atomic E-state index is -1.09. The summed E-state index contributed by atoms with van der Waals surface area (Å²) in [7, 11) is 0. The van der Waals surface area contributed by atoms with Crippen LogP contribution < -0.4 is 59.7 Å². The largest absolute Gasteiger partial charge is 0.370 e. The summed E-state index contributed by atoms with van der Waals surface area (Å²) in [6.07, 6.45) is 5.97. The highest BCUT2D eigenvalue weighted by molar-refractivity contribution is 6.18. The van der Waals surface area contributed by atoms with Crippen molar-refractivity contribution in [2.45, 2.75) is 89.8 Å². The third-order valence-electron chi connectivity index (χ3n) is 10.9. The number of guanidine groups is 2. The molecule has 2 heterocycles. The van der Waals surface area contributed by atoms with Crippen LogP contribution in [-0.2, 0) is 28.8 Å². The van der Waals surface area contributed by atoms with Gasteiger partial charge in [-0.1, -0.05) is 37.1 Å². The van der Waals surface area contributed by atoms with E-state index < -0.39 is 54.2 Å². The van der Waals surface area contributed by atoms with Gasteiger partial charge in [-0.05, 0) is 102 Å². The molecule has 64 heavy (non-hydrogen) atoms. The number of nitrogens with one attached hydrogen (secondary N) is 6. The molecule has 2 aromatic rings. The highest BCUT2D eigenvalue weighted by Crippen LogP contribution is 2.38. The van der Waals surface area contributed by atoms with Gasteiger partial charge in [-0.25, -0.2) is 0 Å². The van der Waals surface area contributed by atoms with Gasteiger partial charge >= 0.3 is 0 Å². The highest BCUT2D eigenvalue weighted by atomic mass is 16.2. The van der Waals surface area contributed by atoms with E-state index in [4.69, 9.17) is 22.9 Å². The van der Waals surface area contributed by atoms with Gasteiger partial charge < -0.3 is 49.5 Å². The number of carbonyl (C=O) groups is 7. The van der Waals surface area contributed by atoms with Crippen molar-refractivity contribution in [3.63, 3.8) is 0 Å². The Balaban J connectivity index is 1.20. The molecule has 0 radical (unpaired) electrons. The van der Waals surface area contributed by atoms with Crippen LogP contribution in [0.25, 0.3) is 0 Å². The third-order valence-corrected chi connectivity index (χ3v) is 10.9. The highest BCUT2D eigenvalue weighted by Gasteiger charge is 2.31. The fourth-order valence-electron chi connectivity index (χ4n) is 7.56. The smallest absolute Gasteiger partial charge is 0.257 e. The first-order valence-electron chi connectivity index (χ1n) is 21.7. The van der Waals surface area contributed by atoms with Crippen LogP contribution in [0.3, 0.4) is 0 Å². The number of hydrogen-bond acceptors (Lipinski definition) is 11. The Hall–Kier alpha value is -6.61. The number of nitrogens with zero attached hydrogens (tertiary/aromatic N) is 4. The van der Waals surface area contributed by atoms with Crippen LogP contribution in [-0.4, -0.2) is 122 Å². The van der Waals surface area contributed by atoms with Crippen LogP contribution in [0.5, 0.6) is 0 Å². The molecule has 1 fully saturated rings. The standard InChI is InChI=1S/C43H64N14O7/c1-27(38(61)55-33(41(64)53-28(2)58)15-10-22-50-43(46)47)52-36(59)25-51-40(63)32(14-9-21-49-42(44)45)48-20-8-7-11-29-18-23-56(24-19-29)26-37(60)57-34-16-5-3-12-30(34)39(62)54-31-13-4-6-17-35(31)57/h3-6,12-13,16-17,27,29,32-33,48H,7-11,14-15,18-26H2,1-2H3,(H,51,63)(H,52,59)(H,54,62)(H,55,61)(H4,44,45,49)(H4,46,47,50)(H,53,58,64)/t27-,32-,33-/m0/s1. The third kappa shape index (κ3) is 16.3. The van der Waals surface area contributed by atoms with Gasteiger partial charge in [0.2, 0.25) is 35.4 Å². The molecule has 4 rings (SSSR count). The molecule has 0 spiro atoms. The number of carbonyl (C=O) groups excluding carboxylic acids is 7. The molecule has 0 bridgehead atoms. The van der Waals surface area contributed by atoms with Crippen molar-refractivity contribution in [1.82, 2.24) is 31.5 Å². The van der Waals surface area contributed by atoms with E-state index in [1.165, 1.54) is 13.8 Å². The SMILES string of the molecule is CC(=O)NC(=O)[C@H](CCCN=C(N)N)NC(=O)[C@H](C)NC(=O)CNC(=O)[C@H](CCCN=C(N)N)NCCCCC1CCN(CC(=O)N2c3ccccc3NC(=O)c3ccccc32)CC1. The number of nitrogens with two attached hydrogens (primary N) is 4. The topological polar surface area (TPSA) is 327 Å². The van der Waals surface area contributed by atoms with Crippen LogP contribution >= 0.6 is 0 Å². The molecular formula is C43H64N14O7. The number of unbranched alkanes of at least 4 members (excludes halogenated alkanes) is 1. The van der Waals surface area contributed by atoms with Crippen molar-refractivity contribution in [2.75, 3.05) is 56.0 Å². The quantitative estimate of drug-likeness (QED) is 0.0388. The molecule has 21 heteroatoms. The van der Waals surface area contributed by atoms with Gasteiger partial charge in [0.25, 0.3) is 5.91 Å². The molecule has 0 aliphatic carbocycles. The average Bonchev–Trinajstić information content (AvgIpc) is 3.37. The second-order valence-corrected chi connectivity index (χ2v) is 16.0. The zero-order chi connectivity index (χ0) is 46.6. The maximum atomic E-state index is 13.9. The summed E-state index contributed by atoms with van der Waals surface area (Å²) in [4.78, 5) is 102. The van der Waals surface area contributed by atoms with Crippen molar-refractivity contribution >= 4 is 70.3 Å². The summed E-state index contributed by atoms with van der Waals surface area (Å²) in [6.45, 7) is 5.03. The summed E-state index contributed by atoms with van der Waals surface area (Å²) >= 11 is 0. The van der Waals surface area contributed by atoms with E-state index in [9.17, 15) is 33.6 Å². The molecule has 7 amide bonds. The molecule has 1 saturated heterocycles. The molecule has 3 atom stereocenters. The predicted molar refractivity (Wildman–Crippen MR) is 244 cm³/mol. The van der Waals surface area contributed by atoms with Crippen LogP contribution in [0.15, 0.2) is 58.5 Å². The number of rotatable bonds is 23. The summed E-state index contributed by atoms with van der Waals surface area (Å²) in [6, 6.07) is 11.6. The minimum absolute atomic E-state index is 0.0535.